The molecule has 3 N–H and O–H groups in total. The number of amides is 1. The molecule has 19 nitrogen and oxygen atoms in total. The van der Waals surface area contributed by atoms with Crippen molar-refractivity contribution in [2.45, 2.75) is 87.5 Å². The Balaban J connectivity index is 0.812. The van der Waals surface area contributed by atoms with E-state index in [9.17, 15) is 27.7 Å². The molecule has 8 heterocycles. The van der Waals surface area contributed by atoms with Gasteiger partial charge in [-0.2, -0.15) is 9.37 Å². The molecule has 4 saturated heterocycles. The summed E-state index contributed by atoms with van der Waals surface area (Å²) in [7, 11) is -3.32. The highest BCUT2D eigenvalue weighted by molar-refractivity contribution is 7.90. The number of nitrogens with zero attached hydrogens (tertiary/aromatic N) is 7. The number of piperidine rings is 1. The van der Waals surface area contributed by atoms with E-state index in [-0.39, 0.29) is 58.2 Å². The van der Waals surface area contributed by atoms with E-state index in [4.69, 9.17) is 23.9 Å². The number of aromatic nitrogens is 3. The van der Waals surface area contributed by atoms with Gasteiger partial charge in [-0.1, -0.05) is 24.3 Å². The van der Waals surface area contributed by atoms with E-state index >= 15 is 4.39 Å². The normalized spacial score (nSPS) is 21.9. The molecule has 22 heteroatoms. The Bertz CT molecular complexity index is 3400. The van der Waals surface area contributed by atoms with E-state index in [2.05, 4.69) is 61.0 Å². The Morgan fingerprint density at radius 3 is 2.53 bits per heavy atom. The number of hydrogen-bond donors (Lipinski definition) is 3. The van der Waals surface area contributed by atoms with Crippen LogP contribution < -0.4 is 29.3 Å². The van der Waals surface area contributed by atoms with Crippen molar-refractivity contribution in [1.82, 2.24) is 29.5 Å². The molecule has 0 bridgehead atoms. The monoisotopic (exact) mass is 1100 g/mol. The average molecular weight is 1100 g/mol. The largest absolute Gasteiger partial charge is 0.492 e. The molecule has 12 rings (SSSR count). The number of carbonyl (C=O) groups is 1. The van der Waals surface area contributed by atoms with Gasteiger partial charge in [0, 0.05) is 102 Å². The lowest BCUT2D eigenvalue weighted by atomic mass is 9.59. The van der Waals surface area contributed by atoms with Crippen LogP contribution in [-0.4, -0.2) is 135 Å². The maximum absolute atomic E-state index is 17.2. The van der Waals surface area contributed by atoms with Gasteiger partial charge in [-0.05, 0) is 122 Å². The highest BCUT2D eigenvalue weighted by Gasteiger charge is 2.50. The molecule has 5 aliphatic heterocycles. The Morgan fingerprint density at radius 2 is 1.75 bits per heavy atom. The summed E-state index contributed by atoms with van der Waals surface area (Å²) in [5.74, 6) is -1.83. The molecule has 79 heavy (non-hydrogen) atoms. The maximum atomic E-state index is 17.2. The molecule has 1 spiro atoms. The number of nitro benzene ring substituents is 1. The van der Waals surface area contributed by atoms with Crippen LogP contribution in [0.2, 0.25) is 0 Å². The fourth-order valence-electron chi connectivity index (χ4n) is 13.0. The lowest BCUT2D eigenvalue weighted by Gasteiger charge is -2.58. The van der Waals surface area contributed by atoms with Gasteiger partial charge in [-0.3, -0.25) is 24.7 Å². The summed E-state index contributed by atoms with van der Waals surface area (Å²) in [6.07, 6.45) is 8.47. The van der Waals surface area contributed by atoms with Crippen LogP contribution in [-0.2, 0) is 26.0 Å². The molecule has 1 aliphatic carbocycles. The third-order valence-electron chi connectivity index (χ3n) is 17.3. The van der Waals surface area contributed by atoms with Crippen molar-refractivity contribution in [3.8, 4) is 11.6 Å². The standard InChI is InChI=1S/C57H64F2N10O9S/c1-35-5-3-4-6-41(35)50-33-65(32-37-23-51(75-2)53(59)62-31-37)18-19-67(50)39-28-57(29-39)13-16-66(17-14-57)47-27-46(68-45-12-22-77-34-52(45)78-56-49(68)24-38-9-15-60-54(38)63-56)42(26-43(47)58)55(70)64-79(73,74)40-7-8-44(48(25-40)69(71)72)61-30-36-10-20-76-21-11-36/h3-9,15,23-27,31,36,39,45,50,52,61H,10-14,16-22,28-30,32-34H2,1-2H3,(H,60,63)(H,64,70)/t45-,50-,52-/m0/s1. The molecule has 0 unspecified atom stereocenters. The second kappa shape index (κ2) is 21.6. The van der Waals surface area contributed by atoms with Gasteiger partial charge in [0.15, 0.2) is 5.75 Å². The zero-order chi connectivity index (χ0) is 54.6. The van der Waals surface area contributed by atoms with Crippen molar-refractivity contribution in [2.24, 2.45) is 11.3 Å². The number of piperazine rings is 1. The van der Waals surface area contributed by atoms with Crippen LogP contribution in [0.15, 0.2) is 90.1 Å². The summed E-state index contributed by atoms with van der Waals surface area (Å²) < 4.78 is 85.0. The summed E-state index contributed by atoms with van der Waals surface area (Å²) >= 11 is 0. The number of benzene rings is 3. The molecule has 6 aromatic rings. The van der Waals surface area contributed by atoms with Gasteiger partial charge >= 0.3 is 0 Å². The molecule has 0 radical (unpaired) electrons. The van der Waals surface area contributed by atoms with Crippen LogP contribution in [0.25, 0.3) is 11.0 Å². The Morgan fingerprint density at radius 1 is 0.949 bits per heavy atom. The van der Waals surface area contributed by atoms with Gasteiger partial charge in [-0.25, -0.2) is 22.5 Å². The zero-order valence-corrected chi connectivity index (χ0v) is 45.0. The molecule has 416 valence electrons. The molecule has 1 saturated carbocycles. The Kier molecular flexibility index (Phi) is 14.4. The average Bonchev–Trinajstić information content (AvgIpc) is 4.05. The minimum Gasteiger partial charge on any atom is -0.492 e. The summed E-state index contributed by atoms with van der Waals surface area (Å²) in [6, 6.07) is 20.3. The fraction of sp³-hybridized carbons (Fsp3) is 0.456. The number of anilines is 4. The SMILES string of the molecule is COc1cc(CN2CCN(C3CC4(CCN(c5cc(N6c7cc8cc[nH]c8nc7O[C@H]7COCC[C@@H]76)c(C(=O)NS(=O)(=O)c6ccc(NCC7CCOCC7)c([N+](=O)[O-])c6)cc5F)CC4)C3)[C@H](c3ccccc3C)C2)cnc1F. The third-order valence-corrected chi connectivity index (χ3v) is 18.6. The predicted octanol–water partition coefficient (Wildman–Crippen LogP) is 8.41. The number of methoxy groups -OCH3 is 1. The van der Waals surface area contributed by atoms with Crippen molar-refractivity contribution in [1.29, 1.82) is 0 Å². The fourth-order valence-corrected chi connectivity index (χ4v) is 14.0. The van der Waals surface area contributed by atoms with Crippen LogP contribution in [0.1, 0.15) is 78.0 Å². The van der Waals surface area contributed by atoms with E-state index in [1.54, 1.807) is 24.5 Å². The number of sulfonamides is 1. The van der Waals surface area contributed by atoms with E-state index in [0.717, 1.165) is 81.2 Å². The van der Waals surface area contributed by atoms with Crippen molar-refractivity contribution in [3.05, 3.63) is 129 Å². The molecule has 3 aromatic heterocycles. The predicted molar refractivity (Wildman–Crippen MR) is 292 cm³/mol. The van der Waals surface area contributed by atoms with E-state index in [1.165, 1.54) is 30.4 Å². The molecule has 6 aliphatic rings. The van der Waals surface area contributed by atoms with Gasteiger partial charge in [0.05, 0.1) is 46.5 Å². The molecular weight excluding hydrogens is 1040 g/mol. The minimum absolute atomic E-state index is 0.0542. The van der Waals surface area contributed by atoms with E-state index < -0.39 is 55.3 Å². The number of carbonyl (C=O) groups excluding carboxylic acids is 1. The number of aryl methyl sites for hydroxylation is 1. The topological polar surface area (TPSA) is 210 Å². The number of pyridine rings is 2. The molecule has 1 amide bonds. The lowest BCUT2D eigenvalue weighted by molar-refractivity contribution is -0.384. The molecule has 3 aromatic carbocycles. The summed E-state index contributed by atoms with van der Waals surface area (Å²) in [4.78, 5) is 46.8. The first-order chi connectivity index (χ1) is 38.2. The number of nitrogens with one attached hydrogen (secondary N) is 3. The first-order valence-corrected chi connectivity index (χ1v) is 28.7. The first-order valence-electron chi connectivity index (χ1n) is 27.2. The van der Waals surface area contributed by atoms with E-state index in [0.29, 0.717) is 69.8 Å². The number of aromatic amines is 1. The van der Waals surface area contributed by atoms with Crippen LogP contribution in [0.5, 0.6) is 11.6 Å². The van der Waals surface area contributed by atoms with Gasteiger partial charge in [0.2, 0.25) is 5.88 Å². The van der Waals surface area contributed by atoms with Crippen molar-refractivity contribution in [2.75, 3.05) is 87.9 Å². The third kappa shape index (κ3) is 10.4. The highest BCUT2D eigenvalue weighted by Crippen LogP contribution is 2.54. The smallest absolute Gasteiger partial charge is 0.293 e. The summed E-state index contributed by atoms with van der Waals surface area (Å²) in [5, 5.41) is 16.2. The number of fused-ring (bicyclic) bond motifs is 3. The zero-order valence-electron chi connectivity index (χ0n) is 44.2. The van der Waals surface area contributed by atoms with Gasteiger partial charge in [-0.15, -0.1) is 0 Å². The molecule has 3 atom stereocenters. The van der Waals surface area contributed by atoms with Crippen LogP contribution in [0, 0.1) is 40.1 Å². The number of hydrogen-bond acceptors (Lipinski definition) is 16. The van der Waals surface area contributed by atoms with Gasteiger partial charge in [0.25, 0.3) is 27.6 Å². The number of ether oxygens (including phenoxy) is 4. The quantitative estimate of drug-likeness (QED) is 0.0531. The number of H-pyrrole nitrogens is 1. The Hall–Kier alpha value is -6.98. The second-order valence-electron chi connectivity index (χ2n) is 22.0. The van der Waals surface area contributed by atoms with Gasteiger partial charge in [0.1, 0.15) is 28.9 Å². The van der Waals surface area contributed by atoms with E-state index in [1.807, 2.05) is 21.9 Å². The number of nitro groups is 1. The van der Waals surface area contributed by atoms with Crippen molar-refractivity contribution >= 4 is 55.4 Å². The Labute approximate surface area is 456 Å². The van der Waals surface area contributed by atoms with Gasteiger partial charge < -0.3 is 39.0 Å². The van der Waals surface area contributed by atoms with Crippen LogP contribution in [0.3, 0.4) is 0 Å². The maximum Gasteiger partial charge on any atom is 0.293 e. The van der Waals surface area contributed by atoms with Crippen LogP contribution >= 0.6 is 0 Å². The first kappa shape index (κ1) is 52.7. The van der Waals surface area contributed by atoms with Crippen LogP contribution in [0.4, 0.5) is 37.2 Å². The second-order valence-corrected chi connectivity index (χ2v) is 23.7. The molecular formula is C57H64F2N10O9S. The van der Waals surface area contributed by atoms with Crippen molar-refractivity contribution < 1.29 is 45.9 Å². The highest BCUT2D eigenvalue weighted by atomic mass is 32.2. The lowest BCUT2D eigenvalue weighted by Crippen LogP contribution is -2.60. The minimum atomic E-state index is -4.76. The number of rotatable bonds is 14. The summed E-state index contributed by atoms with van der Waals surface area (Å²) in [5.41, 5.74) is 4.49. The van der Waals surface area contributed by atoms with Crippen molar-refractivity contribution in [3.63, 3.8) is 0 Å². The summed E-state index contributed by atoms with van der Waals surface area (Å²) in [6.45, 7) is 8.58. The number of halogens is 2. The molecule has 5 fully saturated rings.